The van der Waals surface area contributed by atoms with E-state index in [-0.39, 0.29) is 5.78 Å². The molecule has 2 aromatic carbocycles. The number of Topliss-reactive ketones (excluding diaryl/α,β-unsaturated/α-hetero) is 1. The van der Waals surface area contributed by atoms with Crippen molar-refractivity contribution in [2.75, 3.05) is 0 Å². The molecular weight excluding hydrogens is 228 g/mol. The van der Waals surface area contributed by atoms with Crippen LogP contribution in [0.5, 0.6) is 11.5 Å². The van der Waals surface area contributed by atoms with Crippen molar-refractivity contribution in [2.24, 2.45) is 0 Å². The van der Waals surface area contributed by atoms with Crippen molar-refractivity contribution >= 4 is 5.78 Å². The van der Waals surface area contributed by atoms with Crippen LogP contribution in [-0.4, -0.2) is 11.6 Å². The molecule has 3 heteroatoms. The third-order valence-electron chi connectivity index (χ3n) is 3.42. The van der Waals surface area contributed by atoms with Crippen LogP contribution in [0.15, 0.2) is 48.5 Å². The zero-order chi connectivity index (χ0) is 12.2. The molecule has 0 aliphatic carbocycles. The van der Waals surface area contributed by atoms with Crippen LogP contribution in [-0.2, 0) is 6.42 Å². The number of hydrogen-bond donors (Lipinski definition) is 0. The molecule has 0 amide bonds. The lowest BCUT2D eigenvalue weighted by Gasteiger charge is -2.20. The molecule has 0 N–H and O–H groups in total. The van der Waals surface area contributed by atoms with Gasteiger partial charge < -0.3 is 9.47 Å². The van der Waals surface area contributed by atoms with E-state index >= 15 is 0 Å². The predicted octanol–water partition coefficient (Wildman–Crippen LogP) is 2.59. The monoisotopic (exact) mass is 238 g/mol. The van der Waals surface area contributed by atoms with Crippen LogP contribution in [0, 0.1) is 0 Å². The third-order valence-corrected chi connectivity index (χ3v) is 3.42. The lowest BCUT2D eigenvalue weighted by atomic mass is 10.0. The molecular formula is C15H10O3. The van der Waals surface area contributed by atoms with Crippen LogP contribution in [0.4, 0.5) is 0 Å². The largest absolute Gasteiger partial charge is 0.445 e. The topological polar surface area (TPSA) is 35.5 Å². The number of carbonyl (C=O) groups is 1. The Morgan fingerprint density at radius 3 is 2.33 bits per heavy atom. The Kier molecular flexibility index (Phi) is 1.69. The molecule has 1 spiro atoms. The molecule has 0 fully saturated rings. The zero-order valence-corrected chi connectivity index (χ0v) is 9.55. The van der Waals surface area contributed by atoms with Crippen molar-refractivity contribution in [2.45, 2.75) is 12.2 Å². The molecule has 1 unspecified atom stereocenters. The van der Waals surface area contributed by atoms with E-state index in [1.165, 1.54) is 0 Å². The summed E-state index contributed by atoms with van der Waals surface area (Å²) in [4.78, 5) is 12.4. The minimum Gasteiger partial charge on any atom is -0.445 e. The number of ether oxygens (including phenoxy) is 2. The molecule has 3 nitrogen and oxygen atoms in total. The average molecular weight is 238 g/mol. The standard InChI is InChI=1S/C15H10O3/c16-14-11-6-2-4-8-13(11)18-15(14)9-10-5-1-3-7-12(10)17-15/h1-8H,9H2. The molecule has 2 heterocycles. The fourth-order valence-corrected chi connectivity index (χ4v) is 2.57. The number of para-hydroxylation sites is 2. The molecule has 18 heavy (non-hydrogen) atoms. The molecule has 88 valence electrons. The highest BCUT2D eigenvalue weighted by atomic mass is 16.7. The number of fused-ring (bicyclic) bond motifs is 2. The Balaban J connectivity index is 1.81. The summed E-state index contributed by atoms with van der Waals surface area (Å²) in [5.41, 5.74) is 1.61. The third kappa shape index (κ3) is 1.11. The molecule has 2 aromatic rings. The summed E-state index contributed by atoms with van der Waals surface area (Å²) in [6.45, 7) is 0. The van der Waals surface area contributed by atoms with Crippen molar-refractivity contribution in [1.82, 2.24) is 0 Å². The maximum Gasteiger partial charge on any atom is 0.320 e. The Hall–Kier alpha value is -2.29. The average Bonchev–Trinajstić information content (AvgIpc) is 2.89. The highest BCUT2D eigenvalue weighted by Gasteiger charge is 2.54. The predicted molar refractivity (Wildman–Crippen MR) is 64.9 cm³/mol. The van der Waals surface area contributed by atoms with Crippen LogP contribution in [0.1, 0.15) is 15.9 Å². The summed E-state index contributed by atoms with van der Waals surface area (Å²) in [7, 11) is 0. The van der Waals surface area contributed by atoms with Gasteiger partial charge in [-0.2, -0.15) is 0 Å². The number of ketones is 1. The van der Waals surface area contributed by atoms with E-state index < -0.39 is 5.79 Å². The molecule has 2 aliphatic rings. The van der Waals surface area contributed by atoms with Gasteiger partial charge in [0.25, 0.3) is 5.78 Å². The normalized spacial score (nSPS) is 23.4. The maximum atomic E-state index is 12.4. The van der Waals surface area contributed by atoms with Crippen molar-refractivity contribution in [1.29, 1.82) is 0 Å². The van der Waals surface area contributed by atoms with Crippen LogP contribution in [0.3, 0.4) is 0 Å². The van der Waals surface area contributed by atoms with E-state index in [0.717, 1.165) is 11.3 Å². The van der Waals surface area contributed by atoms with Crippen molar-refractivity contribution in [3.63, 3.8) is 0 Å². The molecule has 0 aromatic heterocycles. The second-order valence-corrected chi connectivity index (χ2v) is 4.57. The van der Waals surface area contributed by atoms with E-state index in [9.17, 15) is 4.79 Å². The smallest absolute Gasteiger partial charge is 0.320 e. The van der Waals surface area contributed by atoms with E-state index in [1.54, 1.807) is 12.1 Å². The van der Waals surface area contributed by atoms with E-state index in [1.807, 2.05) is 36.4 Å². The quantitative estimate of drug-likeness (QED) is 0.707. The minimum absolute atomic E-state index is 0.0886. The van der Waals surface area contributed by atoms with Crippen molar-refractivity contribution < 1.29 is 14.3 Å². The summed E-state index contributed by atoms with van der Waals surface area (Å²) >= 11 is 0. The first-order valence-corrected chi connectivity index (χ1v) is 5.88. The maximum absolute atomic E-state index is 12.4. The van der Waals surface area contributed by atoms with Gasteiger partial charge in [-0.3, -0.25) is 4.79 Å². The van der Waals surface area contributed by atoms with Crippen LogP contribution >= 0.6 is 0 Å². The van der Waals surface area contributed by atoms with Gasteiger partial charge >= 0.3 is 5.79 Å². The Morgan fingerprint density at radius 1 is 0.889 bits per heavy atom. The summed E-state index contributed by atoms with van der Waals surface area (Å²) in [5.74, 6) is 0.0798. The number of benzene rings is 2. The Morgan fingerprint density at radius 2 is 1.56 bits per heavy atom. The molecule has 0 saturated carbocycles. The highest BCUT2D eigenvalue weighted by molar-refractivity contribution is 6.07. The van der Waals surface area contributed by atoms with Gasteiger partial charge in [-0.25, -0.2) is 0 Å². The summed E-state index contributed by atoms with van der Waals surface area (Å²) < 4.78 is 11.6. The van der Waals surface area contributed by atoms with Gasteiger partial charge in [-0.05, 0) is 18.2 Å². The number of carbonyl (C=O) groups excluding carboxylic acids is 1. The molecule has 0 saturated heterocycles. The zero-order valence-electron chi connectivity index (χ0n) is 9.55. The molecule has 0 radical (unpaired) electrons. The van der Waals surface area contributed by atoms with Gasteiger partial charge in [0.05, 0.1) is 12.0 Å². The second-order valence-electron chi connectivity index (χ2n) is 4.57. The Bertz CT molecular complexity index is 630. The molecule has 2 aliphatic heterocycles. The number of hydrogen-bond acceptors (Lipinski definition) is 3. The first-order chi connectivity index (χ1) is 8.78. The van der Waals surface area contributed by atoms with Gasteiger partial charge in [-0.1, -0.05) is 30.3 Å². The van der Waals surface area contributed by atoms with Gasteiger partial charge in [0.1, 0.15) is 11.5 Å². The van der Waals surface area contributed by atoms with E-state index in [0.29, 0.717) is 17.7 Å². The van der Waals surface area contributed by atoms with E-state index in [4.69, 9.17) is 9.47 Å². The van der Waals surface area contributed by atoms with E-state index in [2.05, 4.69) is 0 Å². The number of rotatable bonds is 0. The lowest BCUT2D eigenvalue weighted by molar-refractivity contribution is -0.0531. The highest BCUT2D eigenvalue weighted by Crippen LogP contribution is 2.43. The first-order valence-electron chi connectivity index (χ1n) is 5.88. The SMILES string of the molecule is O=C1c2ccccc2OC12Cc1ccccc1O2. The van der Waals surface area contributed by atoms with Gasteiger partial charge in [-0.15, -0.1) is 0 Å². The fraction of sp³-hybridized carbons (Fsp3) is 0.133. The van der Waals surface area contributed by atoms with Gasteiger partial charge in [0.15, 0.2) is 0 Å². The Labute approximate surface area is 104 Å². The van der Waals surface area contributed by atoms with Crippen molar-refractivity contribution in [3.8, 4) is 11.5 Å². The summed E-state index contributed by atoms with van der Waals surface area (Å²) in [6.07, 6.45) is 0.469. The minimum atomic E-state index is -1.17. The first kappa shape index (κ1) is 9.71. The molecule has 0 bridgehead atoms. The summed E-state index contributed by atoms with van der Waals surface area (Å²) in [5, 5.41) is 0. The van der Waals surface area contributed by atoms with Gasteiger partial charge in [0.2, 0.25) is 0 Å². The lowest BCUT2D eigenvalue weighted by Crippen LogP contribution is -2.44. The fourth-order valence-electron chi connectivity index (χ4n) is 2.57. The second kappa shape index (κ2) is 3.13. The summed E-state index contributed by atoms with van der Waals surface area (Å²) in [6, 6.07) is 14.9. The van der Waals surface area contributed by atoms with Crippen LogP contribution in [0.2, 0.25) is 0 Å². The van der Waals surface area contributed by atoms with Crippen molar-refractivity contribution in [3.05, 3.63) is 59.7 Å². The van der Waals surface area contributed by atoms with Gasteiger partial charge in [0, 0.05) is 5.56 Å². The van der Waals surface area contributed by atoms with Crippen LogP contribution < -0.4 is 9.47 Å². The molecule has 1 atom stereocenters. The van der Waals surface area contributed by atoms with Crippen LogP contribution in [0.25, 0.3) is 0 Å². The molecule has 4 rings (SSSR count).